The van der Waals surface area contributed by atoms with Crippen LogP contribution in [-0.2, 0) is 0 Å². The molecule has 0 aromatic heterocycles. The molecule has 0 bridgehead atoms. The normalized spacial score (nSPS) is 12.9. The highest BCUT2D eigenvalue weighted by molar-refractivity contribution is 4.65. The first-order chi connectivity index (χ1) is 8.16. The first-order valence-electron chi connectivity index (χ1n) is 7.51. The topological polar surface area (TPSA) is 12.0 Å². The lowest BCUT2D eigenvalue weighted by Gasteiger charge is -2.14. The molecule has 1 N–H and O–H groups in total. The van der Waals surface area contributed by atoms with Gasteiger partial charge in [0, 0.05) is 6.04 Å². The van der Waals surface area contributed by atoms with E-state index in [4.69, 9.17) is 0 Å². The molecule has 0 saturated heterocycles. The van der Waals surface area contributed by atoms with Crippen molar-refractivity contribution in [1.29, 1.82) is 0 Å². The van der Waals surface area contributed by atoms with Crippen LogP contribution in [0.15, 0.2) is 12.7 Å². The van der Waals surface area contributed by atoms with E-state index in [2.05, 4.69) is 32.7 Å². The number of nitrogens with one attached hydrogen (secondary N) is 1. The molecule has 0 amide bonds. The van der Waals surface area contributed by atoms with Crippen molar-refractivity contribution >= 4 is 0 Å². The lowest BCUT2D eigenvalue weighted by Crippen LogP contribution is -2.27. The number of hydrogen-bond donors (Lipinski definition) is 1. The fourth-order valence-corrected chi connectivity index (χ4v) is 1.98. The van der Waals surface area contributed by atoms with E-state index in [0.717, 1.165) is 5.92 Å². The van der Waals surface area contributed by atoms with E-state index in [-0.39, 0.29) is 0 Å². The molecule has 0 aromatic carbocycles. The molecule has 0 aromatic rings. The Hall–Kier alpha value is -0.300. The summed E-state index contributed by atoms with van der Waals surface area (Å²) in [6.07, 6.45) is 12.7. The van der Waals surface area contributed by atoms with Crippen molar-refractivity contribution in [3.05, 3.63) is 12.7 Å². The van der Waals surface area contributed by atoms with Crippen LogP contribution in [0.4, 0.5) is 0 Å². The standard InChI is InChI=1S/C16H33N/c1-5-6-7-8-9-10-11-14-17-16(4)13-12-15(2)3/h5,15-17H,1,6-14H2,2-4H3. The molecule has 0 fully saturated rings. The van der Waals surface area contributed by atoms with Gasteiger partial charge in [0.05, 0.1) is 0 Å². The van der Waals surface area contributed by atoms with Gasteiger partial charge in [0.1, 0.15) is 0 Å². The molecule has 0 aliphatic carbocycles. The molecule has 0 heterocycles. The van der Waals surface area contributed by atoms with Crippen LogP contribution in [0, 0.1) is 5.92 Å². The number of rotatable bonds is 12. The maximum atomic E-state index is 3.75. The fourth-order valence-electron chi connectivity index (χ4n) is 1.98. The summed E-state index contributed by atoms with van der Waals surface area (Å²) < 4.78 is 0. The summed E-state index contributed by atoms with van der Waals surface area (Å²) in [5.74, 6) is 0.837. The van der Waals surface area contributed by atoms with Crippen molar-refractivity contribution < 1.29 is 0 Å². The quantitative estimate of drug-likeness (QED) is 0.376. The number of allylic oxidation sites excluding steroid dienone is 1. The summed E-state index contributed by atoms with van der Waals surface area (Å²) in [6.45, 7) is 11.9. The monoisotopic (exact) mass is 239 g/mol. The molecule has 17 heavy (non-hydrogen) atoms. The van der Waals surface area contributed by atoms with E-state index in [1.54, 1.807) is 0 Å². The SMILES string of the molecule is C=CCCCCCCCNC(C)CCC(C)C. The summed E-state index contributed by atoms with van der Waals surface area (Å²) in [7, 11) is 0. The second-order valence-corrected chi connectivity index (χ2v) is 5.67. The second-order valence-electron chi connectivity index (χ2n) is 5.67. The highest BCUT2D eigenvalue weighted by Crippen LogP contribution is 2.07. The predicted molar refractivity (Wildman–Crippen MR) is 79.4 cm³/mol. The summed E-state index contributed by atoms with van der Waals surface area (Å²) in [4.78, 5) is 0. The Balaban J connectivity index is 3.13. The van der Waals surface area contributed by atoms with E-state index >= 15 is 0 Å². The van der Waals surface area contributed by atoms with Gasteiger partial charge in [-0.15, -0.1) is 6.58 Å². The Labute approximate surface area is 109 Å². The smallest absolute Gasteiger partial charge is 0.00388 e. The van der Waals surface area contributed by atoms with E-state index in [1.165, 1.54) is 57.9 Å². The minimum Gasteiger partial charge on any atom is -0.314 e. The zero-order valence-corrected chi connectivity index (χ0v) is 12.3. The molecule has 0 saturated carbocycles. The number of unbranched alkanes of at least 4 members (excludes halogenated alkanes) is 5. The van der Waals surface area contributed by atoms with Crippen molar-refractivity contribution in [3.63, 3.8) is 0 Å². The van der Waals surface area contributed by atoms with Crippen molar-refractivity contribution in [2.75, 3.05) is 6.54 Å². The van der Waals surface area contributed by atoms with Gasteiger partial charge < -0.3 is 5.32 Å². The van der Waals surface area contributed by atoms with Crippen molar-refractivity contribution in [2.45, 2.75) is 78.2 Å². The number of hydrogen-bond acceptors (Lipinski definition) is 1. The van der Waals surface area contributed by atoms with Gasteiger partial charge in [-0.3, -0.25) is 0 Å². The molecule has 0 aliphatic rings. The van der Waals surface area contributed by atoms with E-state index < -0.39 is 0 Å². The molecule has 1 unspecified atom stereocenters. The molecule has 0 aliphatic heterocycles. The molecule has 1 heteroatoms. The molecule has 0 radical (unpaired) electrons. The van der Waals surface area contributed by atoms with Crippen molar-refractivity contribution in [3.8, 4) is 0 Å². The van der Waals surface area contributed by atoms with Gasteiger partial charge in [0.25, 0.3) is 0 Å². The average Bonchev–Trinajstić information content (AvgIpc) is 2.30. The highest BCUT2D eigenvalue weighted by Gasteiger charge is 2.02. The van der Waals surface area contributed by atoms with Gasteiger partial charge in [-0.25, -0.2) is 0 Å². The Morgan fingerprint density at radius 1 is 0.941 bits per heavy atom. The Kier molecular flexibility index (Phi) is 12.0. The molecule has 0 rings (SSSR count). The summed E-state index contributed by atoms with van der Waals surface area (Å²) >= 11 is 0. The largest absolute Gasteiger partial charge is 0.314 e. The van der Waals surface area contributed by atoms with Gasteiger partial charge in [-0.2, -0.15) is 0 Å². The van der Waals surface area contributed by atoms with Crippen LogP contribution in [0.5, 0.6) is 0 Å². The van der Waals surface area contributed by atoms with Crippen molar-refractivity contribution in [1.82, 2.24) is 5.32 Å². The fraction of sp³-hybridized carbons (Fsp3) is 0.875. The Morgan fingerprint density at radius 2 is 1.59 bits per heavy atom. The maximum absolute atomic E-state index is 3.75. The third kappa shape index (κ3) is 13.6. The van der Waals surface area contributed by atoms with E-state index in [9.17, 15) is 0 Å². The zero-order valence-electron chi connectivity index (χ0n) is 12.3. The lowest BCUT2D eigenvalue weighted by molar-refractivity contribution is 0.443. The van der Waals surface area contributed by atoms with Crippen LogP contribution in [0.25, 0.3) is 0 Å². The van der Waals surface area contributed by atoms with Crippen LogP contribution < -0.4 is 5.32 Å². The lowest BCUT2D eigenvalue weighted by atomic mass is 10.0. The van der Waals surface area contributed by atoms with E-state index in [0.29, 0.717) is 6.04 Å². The van der Waals surface area contributed by atoms with Crippen LogP contribution in [-0.4, -0.2) is 12.6 Å². The van der Waals surface area contributed by atoms with Gasteiger partial charge >= 0.3 is 0 Å². The van der Waals surface area contributed by atoms with Gasteiger partial charge in [-0.05, 0) is 51.5 Å². The third-order valence-electron chi connectivity index (χ3n) is 3.25. The van der Waals surface area contributed by atoms with E-state index in [1.807, 2.05) is 6.08 Å². The second kappa shape index (κ2) is 12.2. The van der Waals surface area contributed by atoms with Crippen LogP contribution in [0.3, 0.4) is 0 Å². The van der Waals surface area contributed by atoms with Crippen LogP contribution >= 0.6 is 0 Å². The molecule has 1 nitrogen and oxygen atoms in total. The molecule has 102 valence electrons. The van der Waals surface area contributed by atoms with Crippen molar-refractivity contribution in [2.24, 2.45) is 5.92 Å². The predicted octanol–water partition coefficient (Wildman–Crippen LogP) is 4.93. The Bertz CT molecular complexity index is 163. The summed E-state index contributed by atoms with van der Waals surface area (Å²) in [5, 5.41) is 3.62. The summed E-state index contributed by atoms with van der Waals surface area (Å²) in [5.41, 5.74) is 0. The van der Waals surface area contributed by atoms with Gasteiger partial charge in [0.2, 0.25) is 0 Å². The highest BCUT2D eigenvalue weighted by atomic mass is 14.9. The first-order valence-corrected chi connectivity index (χ1v) is 7.51. The minimum absolute atomic E-state index is 0.693. The average molecular weight is 239 g/mol. The molecule has 1 atom stereocenters. The van der Waals surface area contributed by atoms with Gasteiger partial charge in [-0.1, -0.05) is 39.2 Å². The molecule has 0 spiro atoms. The van der Waals surface area contributed by atoms with Crippen LogP contribution in [0.2, 0.25) is 0 Å². The van der Waals surface area contributed by atoms with Gasteiger partial charge in [0.15, 0.2) is 0 Å². The molecular formula is C16H33N. The maximum Gasteiger partial charge on any atom is 0.00388 e. The Morgan fingerprint density at radius 3 is 2.24 bits per heavy atom. The third-order valence-corrected chi connectivity index (χ3v) is 3.25. The molecular weight excluding hydrogens is 206 g/mol. The zero-order chi connectivity index (χ0) is 12.9. The minimum atomic E-state index is 0.693. The first kappa shape index (κ1) is 16.7. The summed E-state index contributed by atoms with van der Waals surface area (Å²) in [6, 6.07) is 0.693. The van der Waals surface area contributed by atoms with Crippen LogP contribution in [0.1, 0.15) is 72.1 Å².